The van der Waals surface area contributed by atoms with Gasteiger partial charge in [0.25, 0.3) is 0 Å². The van der Waals surface area contributed by atoms with E-state index in [9.17, 15) is 4.79 Å². The van der Waals surface area contributed by atoms with Gasteiger partial charge in [0.1, 0.15) is 0 Å². The lowest BCUT2D eigenvalue weighted by atomic mass is 9.86. The zero-order valence-electron chi connectivity index (χ0n) is 18.5. The summed E-state index contributed by atoms with van der Waals surface area (Å²) >= 11 is 0. The summed E-state index contributed by atoms with van der Waals surface area (Å²) < 4.78 is 0. The van der Waals surface area contributed by atoms with Crippen molar-refractivity contribution in [2.45, 2.75) is 39.5 Å². The predicted octanol–water partition coefficient (Wildman–Crippen LogP) is 4.41. The van der Waals surface area contributed by atoms with Gasteiger partial charge >= 0.3 is 0 Å². The normalized spacial score (nSPS) is 14.0. The highest BCUT2D eigenvalue weighted by atomic mass is 16.1. The molecular formula is C27H21N5O. The van der Waals surface area contributed by atoms with Gasteiger partial charge < -0.3 is 4.98 Å². The molecule has 2 aliphatic rings. The van der Waals surface area contributed by atoms with E-state index in [1.54, 1.807) is 0 Å². The summed E-state index contributed by atoms with van der Waals surface area (Å²) in [5.74, 6) is 0. The van der Waals surface area contributed by atoms with Gasteiger partial charge in [0.2, 0.25) is 0 Å². The largest absolute Gasteiger partial charge is 0.351 e. The Morgan fingerprint density at radius 3 is 1.64 bits per heavy atom. The number of nitrogens with zero attached hydrogens (tertiary/aromatic N) is 4. The van der Waals surface area contributed by atoms with Gasteiger partial charge in [-0.25, -0.2) is 19.9 Å². The highest BCUT2D eigenvalue weighted by Gasteiger charge is 2.29. The van der Waals surface area contributed by atoms with Crippen molar-refractivity contribution in [2.24, 2.45) is 0 Å². The zero-order valence-corrected chi connectivity index (χ0v) is 18.5. The Kier molecular flexibility index (Phi) is 3.69. The molecule has 0 spiro atoms. The van der Waals surface area contributed by atoms with Gasteiger partial charge in [-0.1, -0.05) is 0 Å². The first-order valence-corrected chi connectivity index (χ1v) is 11.4. The van der Waals surface area contributed by atoms with E-state index < -0.39 is 0 Å². The van der Waals surface area contributed by atoms with Crippen LogP contribution in [0.3, 0.4) is 0 Å². The Balaban J connectivity index is 1.51. The third-order valence-electron chi connectivity index (χ3n) is 6.96. The lowest BCUT2D eigenvalue weighted by Gasteiger charge is -2.24. The Bertz CT molecular complexity index is 1590. The van der Waals surface area contributed by atoms with Crippen molar-refractivity contribution < 1.29 is 0 Å². The van der Waals surface area contributed by atoms with Gasteiger partial charge in [0, 0.05) is 33.3 Å². The van der Waals surface area contributed by atoms with Crippen molar-refractivity contribution in [2.75, 3.05) is 0 Å². The van der Waals surface area contributed by atoms with Gasteiger partial charge in [-0.15, -0.1) is 0 Å². The minimum absolute atomic E-state index is 0.133. The molecule has 6 heteroatoms. The van der Waals surface area contributed by atoms with E-state index in [2.05, 4.69) is 39.2 Å². The fourth-order valence-electron chi connectivity index (χ4n) is 5.28. The van der Waals surface area contributed by atoms with Crippen LogP contribution in [0.5, 0.6) is 0 Å². The molecule has 5 heterocycles. The highest BCUT2D eigenvalue weighted by Crippen LogP contribution is 2.37. The molecule has 2 aliphatic carbocycles. The molecule has 0 saturated heterocycles. The first kappa shape index (κ1) is 18.6. The van der Waals surface area contributed by atoms with E-state index in [4.69, 9.17) is 9.97 Å². The molecule has 0 saturated carbocycles. The van der Waals surface area contributed by atoms with E-state index in [-0.39, 0.29) is 5.43 Å². The predicted molar refractivity (Wildman–Crippen MR) is 128 cm³/mol. The average Bonchev–Trinajstić information content (AvgIpc) is 2.81. The molecule has 0 bridgehead atoms. The van der Waals surface area contributed by atoms with Crippen molar-refractivity contribution in [1.29, 1.82) is 0 Å². The quantitative estimate of drug-likeness (QED) is 0.393. The first-order valence-electron chi connectivity index (χ1n) is 11.4. The second kappa shape index (κ2) is 6.54. The van der Waals surface area contributed by atoms with Crippen LogP contribution in [0.15, 0.2) is 41.2 Å². The lowest BCUT2D eigenvalue weighted by molar-refractivity contribution is 0.862. The van der Waals surface area contributed by atoms with Gasteiger partial charge in [0.15, 0.2) is 16.7 Å². The third-order valence-corrected chi connectivity index (χ3v) is 6.96. The van der Waals surface area contributed by atoms with Crippen LogP contribution in [0.1, 0.15) is 33.6 Å². The zero-order chi connectivity index (χ0) is 22.3. The molecule has 0 unspecified atom stereocenters. The number of aromatic nitrogens is 5. The van der Waals surface area contributed by atoms with E-state index in [0.717, 1.165) is 92.9 Å². The maximum absolute atomic E-state index is 13.6. The van der Waals surface area contributed by atoms with Crippen molar-refractivity contribution in [3.8, 4) is 22.8 Å². The molecule has 0 fully saturated rings. The fraction of sp³-hybridized carbons (Fsp3) is 0.222. The Hall–Kier alpha value is -3.93. The molecule has 0 atom stereocenters. The van der Waals surface area contributed by atoms with Crippen LogP contribution in [-0.4, -0.2) is 24.9 Å². The number of rotatable bonds is 0. The summed E-state index contributed by atoms with van der Waals surface area (Å²) in [5.41, 5.74) is 10.7. The van der Waals surface area contributed by atoms with E-state index >= 15 is 0 Å². The molecule has 0 aliphatic heterocycles. The summed E-state index contributed by atoms with van der Waals surface area (Å²) in [4.78, 5) is 36.3. The summed E-state index contributed by atoms with van der Waals surface area (Å²) in [5, 5.41) is 2.06. The average molecular weight is 431 g/mol. The van der Waals surface area contributed by atoms with Crippen LogP contribution in [0.4, 0.5) is 0 Å². The number of hydrogen-bond donors (Lipinski definition) is 1. The molecule has 6 nitrogen and oxygen atoms in total. The summed E-state index contributed by atoms with van der Waals surface area (Å²) in [6, 6.07) is 12.5. The molecule has 5 aromatic heterocycles. The standard InChI is InChI=1S/C27H21N5O/c1-13-3-5-17-11-15-7-9-19-23(21(15)31-26(17)28-13)30-24-20(25(19)33)10-8-16-12-18-6-4-14(2)29-27(18)32-22(16)24/h3-6,11-12H,7-10H2,1-2H3,(H,30,33). The second-order valence-electron chi connectivity index (χ2n) is 9.15. The molecule has 160 valence electrons. The van der Waals surface area contributed by atoms with Crippen molar-refractivity contribution in [3.05, 3.63) is 80.3 Å². The topological polar surface area (TPSA) is 84.4 Å². The van der Waals surface area contributed by atoms with Crippen LogP contribution in [0, 0.1) is 13.8 Å². The van der Waals surface area contributed by atoms with E-state index in [1.165, 1.54) is 0 Å². The van der Waals surface area contributed by atoms with Gasteiger partial charge in [0.05, 0.1) is 22.8 Å². The van der Waals surface area contributed by atoms with Crippen molar-refractivity contribution >= 4 is 22.1 Å². The molecule has 0 aromatic carbocycles. The molecule has 7 rings (SSSR count). The number of hydrogen-bond acceptors (Lipinski definition) is 5. The lowest BCUT2D eigenvalue weighted by Crippen LogP contribution is -2.25. The van der Waals surface area contributed by atoms with E-state index in [1.807, 2.05) is 26.0 Å². The number of H-pyrrole nitrogens is 1. The SMILES string of the molecule is Cc1ccc2cc3c(nc2n1)-c1[nH]c2c(c(=O)c1CC3)CCc1cc3ccc(C)nc3nc1-2. The molecule has 0 radical (unpaired) electrons. The van der Waals surface area contributed by atoms with Gasteiger partial charge in [-0.3, -0.25) is 4.79 Å². The minimum atomic E-state index is 0.133. The fourth-order valence-corrected chi connectivity index (χ4v) is 5.28. The van der Waals surface area contributed by atoms with Crippen LogP contribution < -0.4 is 5.43 Å². The Labute approximate surface area is 189 Å². The van der Waals surface area contributed by atoms with Gasteiger partial charge in [-0.2, -0.15) is 0 Å². The summed E-state index contributed by atoms with van der Waals surface area (Å²) in [6.07, 6.45) is 3.06. The van der Waals surface area contributed by atoms with Crippen LogP contribution in [0.25, 0.3) is 44.8 Å². The number of nitrogens with one attached hydrogen (secondary N) is 1. The molecule has 33 heavy (non-hydrogen) atoms. The molecule has 0 amide bonds. The summed E-state index contributed by atoms with van der Waals surface area (Å²) in [7, 11) is 0. The number of fused-ring (bicyclic) bond motifs is 8. The van der Waals surface area contributed by atoms with E-state index in [0.29, 0.717) is 11.3 Å². The Morgan fingerprint density at radius 1 is 0.667 bits per heavy atom. The molecule has 1 N–H and O–H groups in total. The Morgan fingerprint density at radius 2 is 1.15 bits per heavy atom. The molecular weight excluding hydrogens is 410 g/mol. The van der Waals surface area contributed by atoms with Crippen LogP contribution in [-0.2, 0) is 25.7 Å². The number of aryl methyl sites for hydroxylation is 4. The third kappa shape index (κ3) is 2.70. The minimum Gasteiger partial charge on any atom is -0.351 e. The molecule has 5 aromatic rings. The number of aromatic amines is 1. The van der Waals surface area contributed by atoms with Crippen molar-refractivity contribution in [3.63, 3.8) is 0 Å². The second-order valence-corrected chi connectivity index (χ2v) is 9.15. The maximum Gasteiger partial charge on any atom is 0.189 e. The van der Waals surface area contributed by atoms with Gasteiger partial charge in [-0.05, 0) is 87.1 Å². The maximum atomic E-state index is 13.6. The van der Waals surface area contributed by atoms with Crippen LogP contribution in [0.2, 0.25) is 0 Å². The first-order chi connectivity index (χ1) is 16.0. The number of pyridine rings is 5. The van der Waals surface area contributed by atoms with Crippen LogP contribution >= 0.6 is 0 Å². The monoisotopic (exact) mass is 431 g/mol. The van der Waals surface area contributed by atoms with Crippen molar-refractivity contribution in [1.82, 2.24) is 24.9 Å². The highest BCUT2D eigenvalue weighted by molar-refractivity contribution is 5.84. The summed E-state index contributed by atoms with van der Waals surface area (Å²) in [6.45, 7) is 3.94. The smallest absolute Gasteiger partial charge is 0.189 e.